The Hall–Kier alpha value is -1.80. The maximum absolute atomic E-state index is 13.0. The molecule has 0 spiro atoms. The van der Waals surface area contributed by atoms with Gasteiger partial charge in [-0.3, -0.25) is 14.5 Å². The summed E-state index contributed by atoms with van der Waals surface area (Å²) in [5.74, 6) is -1.74. The first kappa shape index (κ1) is 18.5. The van der Waals surface area contributed by atoms with Crippen LogP contribution in [0.3, 0.4) is 0 Å². The molecule has 1 aliphatic heterocycles. The average molecular weight is 365 g/mol. The first-order valence-electron chi connectivity index (χ1n) is 7.32. The Morgan fingerprint density at radius 1 is 1.33 bits per heavy atom. The summed E-state index contributed by atoms with van der Waals surface area (Å²) in [7, 11) is 0. The van der Waals surface area contributed by atoms with Crippen molar-refractivity contribution in [2.45, 2.75) is 31.5 Å². The van der Waals surface area contributed by atoms with Gasteiger partial charge in [0.25, 0.3) is 0 Å². The number of carboxylic acids is 1. The number of likely N-dealkylation sites (tertiary alicyclic amines) is 1. The zero-order valence-corrected chi connectivity index (χ0v) is 13.3. The number of alkyl halides is 3. The number of hydrogen-bond donors (Lipinski definition) is 2. The highest BCUT2D eigenvalue weighted by atomic mass is 35.5. The second-order valence-corrected chi connectivity index (χ2v) is 5.99. The molecule has 132 valence electrons. The van der Waals surface area contributed by atoms with Crippen LogP contribution in [0.25, 0.3) is 0 Å². The minimum atomic E-state index is -4.66. The Bertz CT molecular complexity index is 637. The van der Waals surface area contributed by atoms with Crippen LogP contribution < -0.4 is 5.32 Å². The summed E-state index contributed by atoms with van der Waals surface area (Å²) in [6.07, 6.45) is -2.77. The normalized spacial score (nSPS) is 19.1. The highest BCUT2D eigenvalue weighted by Crippen LogP contribution is 2.36. The molecule has 1 atom stereocenters. The number of halogens is 4. The Morgan fingerprint density at radius 3 is 2.67 bits per heavy atom. The van der Waals surface area contributed by atoms with E-state index in [0.29, 0.717) is 13.0 Å². The van der Waals surface area contributed by atoms with E-state index >= 15 is 0 Å². The summed E-state index contributed by atoms with van der Waals surface area (Å²) in [4.78, 5) is 24.7. The standard InChI is InChI=1S/C15H16ClF3N2O3/c16-9-4-5-11(10(7-9)15(17,18)19)20-13(22)8-21-6-2-1-3-12(21)14(23)24/h4-5,7,12H,1-3,6,8H2,(H,20,22)(H,23,24). The summed E-state index contributed by atoms with van der Waals surface area (Å²) >= 11 is 5.58. The van der Waals surface area contributed by atoms with Gasteiger partial charge in [0, 0.05) is 5.02 Å². The molecule has 1 saturated heterocycles. The van der Waals surface area contributed by atoms with E-state index in [1.165, 1.54) is 11.0 Å². The van der Waals surface area contributed by atoms with Crippen LogP contribution in [0.2, 0.25) is 5.02 Å². The first-order chi connectivity index (χ1) is 11.2. The van der Waals surface area contributed by atoms with E-state index in [-0.39, 0.29) is 11.6 Å². The number of amides is 1. The van der Waals surface area contributed by atoms with E-state index in [9.17, 15) is 22.8 Å². The number of carbonyl (C=O) groups excluding carboxylic acids is 1. The van der Waals surface area contributed by atoms with Crippen molar-refractivity contribution in [3.8, 4) is 0 Å². The van der Waals surface area contributed by atoms with Crippen LogP contribution in [0.4, 0.5) is 18.9 Å². The molecule has 2 rings (SSSR count). The van der Waals surface area contributed by atoms with E-state index < -0.39 is 35.3 Å². The monoisotopic (exact) mass is 364 g/mol. The molecule has 1 aliphatic rings. The van der Waals surface area contributed by atoms with Crippen molar-refractivity contribution in [2.75, 3.05) is 18.4 Å². The number of nitrogens with one attached hydrogen (secondary N) is 1. The van der Waals surface area contributed by atoms with Gasteiger partial charge >= 0.3 is 12.1 Å². The van der Waals surface area contributed by atoms with Crippen molar-refractivity contribution in [1.82, 2.24) is 4.90 Å². The summed E-state index contributed by atoms with van der Waals surface area (Å²) in [5, 5.41) is 11.3. The van der Waals surface area contributed by atoms with E-state index in [1.807, 2.05) is 0 Å². The molecule has 24 heavy (non-hydrogen) atoms. The number of nitrogens with zero attached hydrogens (tertiary/aromatic N) is 1. The smallest absolute Gasteiger partial charge is 0.418 e. The number of piperidine rings is 1. The Balaban J connectivity index is 2.11. The van der Waals surface area contributed by atoms with Crippen LogP contribution in [0.15, 0.2) is 18.2 Å². The van der Waals surface area contributed by atoms with Crippen LogP contribution in [-0.2, 0) is 15.8 Å². The predicted octanol–water partition coefficient (Wildman–Crippen LogP) is 3.24. The molecule has 0 aromatic heterocycles. The Labute approximate surface area is 141 Å². The number of hydrogen-bond acceptors (Lipinski definition) is 3. The molecule has 1 unspecified atom stereocenters. The molecule has 0 radical (unpaired) electrons. The fourth-order valence-corrected chi connectivity index (χ4v) is 2.87. The molecule has 9 heteroatoms. The van der Waals surface area contributed by atoms with Gasteiger partial charge in [0.2, 0.25) is 5.91 Å². The zero-order chi connectivity index (χ0) is 17.9. The van der Waals surface area contributed by atoms with Crippen molar-refractivity contribution in [2.24, 2.45) is 0 Å². The maximum Gasteiger partial charge on any atom is 0.418 e. The third-order valence-corrected chi connectivity index (χ3v) is 4.04. The third-order valence-electron chi connectivity index (χ3n) is 3.81. The van der Waals surface area contributed by atoms with Crippen LogP contribution >= 0.6 is 11.6 Å². The summed E-state index contributed by atoms with van der Waals surface area (Å²) in [6, 6.07) is 2.26. The molecule has 1 amide bonds. The van der Waals surface area contributed by atoms with Crippen molar-refractivity contribution < 1.29 is 27.9 Å². The molecule has 1 fully saturated rings. The van der Waals surface area contributed by atoms with Gasteiger partial charge in [0.05, 0.1) is 17.8 Å². The van der Waals surface area contributed by atoms with E-state index in [4.69, 9.17) is 16.7 Å². The molecule has 0 bridgehead atoms. The van der Waals surface area contributed by atoms with Gasteiger partial charge in [-0.1, -0.05) is 18.0 Å². The molecule has 1 aromatic carbocycles. The van der Waals surface area contributed by atoms with E-state index in [1.54, 1.807) is 0 Å². The molecule has 1 aromatic rings. The third kappa shape index (κ3) is 4.61. The minimum Gasteiger partial charge on any atom is -0.480 e. The molecule has 0 saturated carbocycles. The summed E-state index contributed by atoms with van der Waals surface area (Å²) in [5.41, 5.74) is -1.45. The van der Waals surface area contributed by atoms with E-state index in [2.05, 4.69) is 5.32 Å². The van der Waals surface area contributed by atoms with Gasteiger partial charge in [-0.15, -0.1) is 0 Å². The van der Waals surface area contributed by atoms with Gasteiger partial charge in [-0.05, 0) is 37.6 Å². The predicted molar refractivity (Wildman–Crippen MR) is 81.9 cm³/mol. The highest BCUT2D eigenvalue weighted by Gasteiger charge is 2.35. The van der Waals surface area contributed by atoms with Gasteiger partial charge in [-0.2, -0.15) is 13.2 Å². The lowest BCUT2D eigenvalue weighted by Gasteiger charge is -2.32. The highest BCUT2D eigenvalue weighted by molar-refractivity contribution is 6.30. The minimum absolute atomic E-state index is 0.0951. The SMILES string of the molecule is O=C(CN1CCCCC1C(=O)O)Nc1ccc(Cl)cc1C(F)(F)F. The fourth-order valence-electron chi connectivity index (χ4n) is 2.69. The van der Waals surface area contributed by atoms with Crippen molar-refractivity contribution in [3.63, 3.8) is 0 Å². The van der Waals surface area contributed by atoms with Crippen molar-refractivity contribution >= 4 is 29.2 Å². The number of carbonyl (C=O) groups is 2. The molecule has 2 N–H and O–H groups in total. The van der Waals surface area contributed by atoms with Crippen molar-refractivity contribution in [1.29, 1.82) is 0 Å². The molecule has 5 nitrogen and oxygen atoms in total. The maximum atomic E-state index is 13.0. The summed E-state index contributed by atoms with van der Waals surface area (Å²) in [6.45, 7) is 0.133. The molecule has 0 aliphatic carbocycles. The first-order valence-corrected chi connectivity index (χ1v) is 7.69. The van der Waals surface area contributed by atoms with Gasteiger partial charge in [-0.25, -0.2) is 0 Å². The fraction of sp³-hybridized carbons (Fsp3) is 0.467. The van der Waals surface area contributed by atoms with Crippen LogP contribution in [0.5, 0.6) is 0 Å². The van der Waals surface area contributed by atoms with Crippen LogP contribution in [0, 0.1) is 0 Å². The lowest BCUT2D eigenvalue weighted by Crippen LogP contribution is -2.47. The largest absolute Gasteiger partial charge is 0.480 e. The number of carboxylic acid groups (broad SMARTS) is 1. The topological polar surface area (TPSA) is 69.6 Å². The van der Waals surface area contributed by atoms with Crippen LogP contribution in [0.1, 0.15) is 24.8 Å². The number of aliphatic carboxylic acids is 1. The molecular formula is C15H16ClF3N2O3. The zero-order valence-electron chi connectivity index (χ0n) is 12.6. The molecule has 1 heterocycles. The second kappa shape index (κ2) is 7.40. The second-order valence-electron chi connectivity index (χ2n) is 5.56. The Morgan fingerprint density at radius 2 is 2.04 bits per heavy atom. The van der Waals surface area contributed by atoms with Crippen LogP contribution in [-0.4, -0.2) is 41.0 Å². The number of anilines is 1. The summed E-state index contributed by atoms with van der Waals surface area (Å²) < 4.78 is 39.0. The van der Waals surface area contributed by atoms with Gasteiger partial charge < -0.3 is 10.4 Å². The van der Waals surface area contributed by atoms with Gasteiger partial charge in [0.15, 0.2) is 0 Å². The Kier molecular flexibility index (Phi) is 5.71. The lowest BCUT2D eigenvalue weighted by molar-refractivity contribution is -0.145. The van der Waals surface area contributed by atoms with Gasteiger partial charge in [0.1, 0.15) is 6.04 Å². The molecular weight excluding hydrogens is 349 g/mol. The number of benzene rings is 1. The van der Waals surface area contributed by atoms with Crippen molar-refractivity contribution in [3.05, 3.63) is 28.8 Å². The quantitative estimate of drug-likeness (QED) is 0.860. The number of rotatable bonds is 4. The van der Waals surface area contributed by atoms with E-state index in [0.717, 1.165) is 25.0 Å². The lowest BCUT2D eigenvalue weighted by atomic mass is 10.0. The average Bonchev–Trinajstić information content (AvgIpc) is 2.48.